The topological polar surface area (TPSA) is 15.3 Å². The summed E-state index contributed by atoms with van der Waals surface area (Å²) >= 11 is 0. The van der Waals surface area contributed by atoms with Crippen LogP contribution in [0.15, 0.2) is 24.3 Å². The number of benzene rings is 1. The Morgan fingerprint density at radius 3 is 2.62 bits per heavy atom. The number of nitrogens with zero attached hydrogens (tertiary/aromatic N) is 1. The molecule has 3 rings (SSSR count). The average Bonchev–Trinajstić information content (AvgIpc) is 2.55. The summed E-state index contributed by atoms with van der Waals surface area (Å²) in [7, 11) is 0. The van der Waals surface area contributed by atoms with Gasteiger partial charge >= 0.3 is 0 Å². The van der Waals surface area contributed by atoms with E-state index in [1.807, 2.05) is 0 Å². The Morgan fingerprint density at radius 1 is 1.05 bits per heavy atom. The quantitative estimate of drug-likeness (QED) is 0.820. The van der Waals surface area contributed by atoms with Gasteiger partial charge in [-0.2, -0.15) is 0 Å². The van der Waals surface area contributed by atoms with Crippen molar-refractivity contribution in [3.8, 4) is 0 Å². The van der Waals surface area contributed by atoms with Crippen LogP contribution in [0.5, 0.6) is 0 Å². The van der Waals surface area contributed by atoms with Crippen molar-refractivity contribution in [1.82, 2.24) is 10.2 Å². The van der Waals surface area contributed by atoms with Crippen LogP contribution in [0, 0.1) is 0 Å². The number of likely N-dealkylation sites (tertiary alicyclic amines) is 1. The Hall–Kier alpha value is -0.860. The van der Waals surface area contributed by atoms with Crippen molar-refractivity contribution in [3.63, 3.8) is 0 Å². The van der Waals surface area contributed by atoms with E-state index in [4.69, 9.17) is 0 Å². The summed E-state index contributed by atoms with van der Waals surface area (Å²) in [5, 5.41) is 3.81. The highest BCUT2D eigenvalue weighted by Crippen LogP contribution is 2.36. The molecule has 2 unspecified atom stereocenters. The fraction of sp³-hybridized carbons (Fsp3) is 0.684. The predicted molar refractivity (Wildman–Crippen MR) is 89.7 cm³/mol. The molecule has 0 aromatic heterocycles. The lowest BCUT2D eigenvalue weighted by molar-refractivity contribution is 0.224. The van der Waals surface area contributed by atoms with Gasteiger partial charge in [0.2, 0.25) is 0 Å². The van der Waals surface area contributed by atoms with Crippen molar-refractivity contribution in [3.05, 3.63) is 35.4 Å². The lowest BCUT2D eigenvalue weighted by Gasteiger charge is -2.31. The van der Waals surface area contributed by atoms with Crippen LogP contribution in [0.25, 0.3) is 0 Å². The number of hydrogen-bond donors (Lipinski definition) is 1. The molecule has 2 atom stereocenters. The van der Waals surface area contributed by atoms with Crippen molar-refractivity contribution < 1.29 is 0 Å². The molecule has 1 heterocycles. The van der Waals surface area contributed by atoms with E-state index in [0.29, 0.717) is 6.04 Å². The Morgan fingerprint density at radius 2 is 1.81 bits per heavy atom. The van der Waals surface area contributed by atoms with Crippen LogP contribution in [0.2, 0.25) is 0 Å². The number of piperidine rings is 1. The predicted octanol–water partition coefficient (Wildman–Crippen LogP) is 4.09. The molecule has 1 N–H and O–H groups in total. The van der Waals surface area contributed by atoms with Crippen LogP contribution in [-0.2, 0) is 0 Å². The first-order valence-corrected chi connectivity index (χ1v) is 8.89. The number of rotatable bonds is 5. The SMILES string of the molecule is CC1CCC(NCCCN2CCCCC2)c2ccccc21. The van der Waals surface area contributed by atoms with Gasteiger partial charge in [-0.15, -0.1) is 0 Å². The fourth-order valence-electron chi connectivity index (χ4n) is 3.98. The summed E-state index contributed by atoms with van der Waals surface area (Å²) in [5.74, 6) is 0.729. The molecule has 1 aromatic rings. The molecule has 2 heteroatoms. The zero-order valence-corrected chi connectivity index (χ0v) is 13.5. The van der Waals surface area contributed by atoms with Gasteiger partial charge in [0.05, 0.1) is 0 Å². The van der Waals surface area contributed by atoms with E-state index in [0.717, 1.165) is 12.5 Å². The van der Waals surface area contributed by atoms with E-state index in [-0.39, 0.29) is 0 Å². The second-order valence-electron chi connectivity index (χ2n) is 6.87. The lowest BCUT2D eigenvalue weighted by atomic mass is 9.81. The van der Waals surface area contributed by atoms with Crippen LogP contribution in [0.4, 0.5) is 0 Å². The third kappa shape index (κ3) is 3.87. The molecular weight excluding hydrogens is 256 g/mol. The smallest absolute Gasteiger partial charge is 0.0323 e. The lowest BCUT2D eigenvalue weighted by Crippen LogP contribution is -2.33. The first-order valence-electron chi connectivity index (χ1n) is 8.89. The molecule has 0 amide bonds. The minimum Gasteiger partial charge on any atom is -0.310 e. The molecule has 1 aliphatic heterocycles. The molecule has 2 aliphatic rings. The highest BCUT2D eigenvalue weighted by molar-refractivity contribution is 5.34. The van der Waals surface area contributed by atoms with Gasteiger partial charge < -0.3 is 10.2 Å². The van der Waals surface area contributed by atoms with Crippen LogP contribution in [-0.4, -0.2) is 31.1 Å². The molecule has 116 valence electrons. The van der Waals surface area contributed by atoms with Crippen molar-refractivity contribution in [1.29, 1.82) is 0 Å². The summed E-state index contributed by atoms with van der Waals surface area (Å²) in [4.78, 5) is 2.64. The minimum absolute atomic E-state index is 0.582. The number of fused-ring (bicyclic) bond motifs is 1. The van der Waals surface area contributed by atoms with Crippen molar-refractivity contribution in [2.45, 2.75) is 57.4 Å². The Bertz CT molecular complexity index is 437. The van der Waals surface area contributed by atoms with Crippen LogP contribution >= 0.6 is 0 Å². The Balaban J connectivity index is 1.46. The normalized spacial score (nSPS) is 26.5. The summed E-state index contributed by atoms with van der Waals surface area (Å²) < 4.78 is 0. The van der Waals surface area contributed by atoms with Gasteiger partial charge in [0.25, 0.3) is 0 Å². The van der Waals surface area contributed by atoms with Crippen LogP contribution < -0.4 is 5.32 Å². The summed E-state index contributed by atoms with van der Waals surface area (Å²) in [6.45, 7) is 7.45. The van der Waals surface area contributed by atoms with Gasteiger partial charge in [-0.25, -0.2) is 0 Å². The molecule has 0 saturated carbocycles. The molecule has 0 radical (unpaired) electrons. The van der Waals surface area contributed by atoms with Gasteiger partial charge in [-0.05, 0) is 75.3 Å². The van der Waals surface area contributed by atoms with Crippen LogP contribution in [0.3, 0.4) is 0 Å². The average molecular weight is 286 g/mol. The second kappa shape index (κ2) is 7.42. The molecule has 21 heavy (non-hydrogen) atoms. The maximum absolute atomic E-state index is 3.81. The summed E-state index contributed by atoms with van der Waals surface area (Å²) in [6.07, 6.45) is 8.14. The van der Waals surface area contributed by atoms with Crippen molar-refractivity contribution in [2.24, 2.45) is 0 Å². The van der Waals surface area contributed by atoms with Gasteiger partial charge in [0.15, 0.2) is 0 Å². The number of nitrogens with one attached hydrogen (secondary N) is 1. The van der Waals surface area contributed by atoms with E-state index >= 15 is 0 Å². The van der Waals surface area contributed by atoms with Gasteiger partial charge in [-0.1, -0.05) is 37.6 Å². The monoisotopic (exact) mass is 286 g/mol. The zero-order valence-electron chi connectivity index (χ0n) is 13.5. The van der Waals surface area contributed by atoms with Gasteiger partial charge in [0, 0.05) is 6.04 Å². The summed E-state index contributed by atoms with van der Waals surface area (Å²) in [6, 6.07) is 9.61. The molecule has 2 nitrogen and oxygen atoms in total. The van der Waals surface area contributed by atoms with Crippen LogP contribution in [0.1, 0.15) is 68.5 Å². The standard InChI is InChI=1S/C19H30N2/c1-16-10-11-19(18-9-4-3-8-17(16)18)20-12-7-15-21-13-5-2-6-14-21/h3-4,8-9,16,19-20H,2,5-7,10-15H2,1H3. The largest absolute Gasteiger partial charge is 0.310 e. The third-order valence-corrected chi connectivity index (χ3v) is 5.28. The third-order valence-electron chi connectivity index (χ3n) is 5.28. The summed E-state index contributed by atoms with van der Waals surface area (Å²) in [5.41, 5.74) is 3.12. The maximum Gasteiger partial charge on any atom is 0.0323 e. The second-order valence-corrected chi connectivity index (χ2v) is 6.87. The van der Waals surface area contributed by atoms with E-state index in [1.54, 1.807) is 11.1 Å². The van der Waals surface area contributed by atoms with Crippen molar-refractivity contribution >= 4 is 0 Å². The maximum atomic E-state index is 3.81. The first kappa shape index (κ1) is 15.1. The molecule has 1 saturated heterocycles. The van der Waals surface area contributed by atoms with Gasteiger partial charge in [0.1, 0.15) is 0 Å². The van der Waals surface area contributed by atoms with E-state index in [2.05, 4.69) is 41.4 Å². The first-order chi connectivity index (χ1) is 10.3. The minimum atomic E-state index is 0.582. The Labute approximate surface area is 129 Å². The van der Waals surface area contributed by atoms with Crippen molar-refractivity contribution in [2.75, 3.05) is 26.2 Å². The highest BCUT2D eigenvalue weighted by atomic mass is 15.1. The van der Waals surface area contributed by atoms with E-state index in [1.165, 1.54) is 58.2 Å². The molecule has 1 aromatic carbocycles. The van der Waals surface area contributed by atoms with E-state index in [9.17, 15) is 0 Å². The Kier molecular flexibility index (Phi) is 5.32. The fourth-order valence-corrected chi connectivity index (χ4v) is 3.98. The number of hydrogen-bond acceptors (Lipinski definition) is 2. The molecular formula is C19H30N2. The zero-order chi connectivity index (χ0) is 14.5. The van der Waals surface area contributed by atoms with Gasteiger partial charge in [-0.3, -0.25) is 0 Å². The molecule has 0 spiro atoms. The van der Waals surface area contributed by atoms with E-state index < -0.39 is 0 Å². The molecule has 0 bridgehead atoms. The molecule has 1 aliphatic carbocycles. The highest BCUT2D eigenvalue weighted by Gasteiger charge is 2.23. The molecule has 1 fully saturated rings.